The van der Waals surface area contributed by atoms with Crippen molar-refractivity contribution in [1.29, 1.82) is 0 Å². The number of esters is 1. The van der Waals surface area contributed by atoms with E-state index >= 15 is 0 Å². The van der Waals surface area contributed by atoms with Crippen LogP contribution in [0, 0.1) is 0 Å². The Balaban J connectivity index is 2.32. The number of aromatic carboxylic acids is 1. The summed E-state index contributed by atoms with van der Waals surface area (Å²) in [6.45, 7) is 0. The van der Waals surface area contributed by atoms with Crippen LogP contribution in [0.5, 0.6) is 17.2 Å². The Hall–Kier alpha value is -3.09. The van der Waals surface area contributed by atoms with E-state index in [2.05, 4.69) is 0 Å². The summed E-state index contributed by atoms with van der Waals surface area (Å²) in [4.78, 5) is 22.6. The number of phenolic OH excluding ortho intramolecular Hbond substituents is 1. The van der Waals surface area contributed by atoms with Crippen molar-refractivity contribution in [3.05, 3.63) is 47.8 Å². The molecule has 0 saturated heterocycles. The van der Waals surface area contributed by atoms with Crippen molar-refractivity contribution >= 4 is 11.9 Å². The van der Waals surface area contributed by atoms with Crippen LogP contribution in [0.1, 0.15) is 20.7 Å². The van der Waals surface area contributed by atoms with Crippen molar-refractivity contribution in [1.82, 2.24) is 0 Å². The first-order chi connectivity index (χ1) is 9.88. The van der Waals surface area contributed by atoms with E-state index in [1.54, 1.807) is 23.9 Å². The molecule has 0 bridgehead atoms. The molecule has 0 aliphatic carbocycles. The highest BCUT2D eigenvalue weighted by Crippen LogP contribution is 2.35. The molecule has 2 N–H and O–H groups in total. The molecule has 0 radical (unpaired) electrons. The van der Waals surface area contributed by atoms with Crippen LogP contribution in [0.4, 0.5) is 0 Å². The number of hydrogen-bond acceptors (Lipinski definition) is 5. The molecular formula is C14H11NO6. The van der Waals surface area contributed by atoms with Crippen LogP contribution in [0.2, 0.25) is 0 Å². The number of carboxylic acid groups (broad SMARTS) is 1. The maximum Gasteiger partial charge on any atom is 0.349 e. The average Bonchev–Trinajstić information content (AvgIpc) is 2.42. The fourth-order valence-corrected chi connectivity index (χ4v) is 1.67. The van der Waals surface area contributed by atoms with Gasteiger partial charge in [0.15, 0.2) is 23.9 Å². The van der Waals surface area contributed by atoms with E-state index in [-0.39, 0.29) is 11.1 Å². The van der Waals surface area contributed by atoms with Crippen molar-refractivity contribution in [2.45, 2.75) is 0 Å². The zero-order valence-corrected chi connectivity index (χ0v) is 10.9. The number of ether oxygens (including phenoxy) is 1. The zero-order valence-electron chi connectivity index (χ0n) is 10.9. The number of rotatable bonds is 3. The lowest BCUT2D eigenvalue weighted by Gasteiger charge is -2.15. The molecule has 0 atom stereocenters. The lowest BCUT2D eigenvalue weighted by molar-refractivity contribution is -0.671. The van der Waals surface area contributed by atoms with Gasteiger partial charge in [-0.1, -0.05) is 11.8 Å². The Bertz CT molecular complexity index is 702. The SMILES string of the molecule is C[n+]1cccc(C(=O)Oc2c([O-])cc(C(=O)O)cc2O)c1. The van der Waals surface area contributed by atoms with Gasteiger partial charge in [0, 0.05) is 6.07 Å². The Morgan fingerprint density at radius 2 is 2.00 bits per heavy atom. The van der Waals surface area contributed by atoms with Crippen molar-refractivity contribution in [2.24, 2.45) is 7.05 Å². The van der Waals surface area contributed by atoms with E-state index in [9.17, 15) is 19.8 Å². The summed E-state index contributed by atoms with van der Waals surface area (Å²) in [5.74, 6) is -4.39. The summed E-state index contributed by atoms with van der Waals surface area (Å²) in [5, 5.41) is 30.1. The molecule has 1 heterocycles. The number of benzene rings is 1. The van der Waals surface area contributed by atoms with Gasteiger partial charge in [-0.05, 0) is 12.1 Å². The number of aryl methyl sites for hydroxylation is 1. The molecule has 0 amide bonds. The van der Waals surface area contributed by atoms with E-state index in [4.69, 9.17) is 9.84 Å². The Labute approximate surface area is 119 Å². The molecule has 0 saturated carbocycles. The fourth-order valence-electron chi connectivity index (χ4n) is 1.67. The molecule has 7 heteroatoms. The standard InChI is InChI=1S/C14H11NO6/c1-15-4-2-3-8(7-15)14(20)21-12-10(16)5-9(13(18)19)6-11(12)17/h2-7H,1H3,(H2-,16,17,18,19). The quantitative estimate of drug-likeness (QED) is 0.474. The minimum atomic E-state index is -1.37. The monoisotopic (exact) mass is 289 g/mol. The van der Waals surface area contributed by atoms with Crippen LogP contribution >= 0.6 is 0 Å². The summed E-state index contributed by atoms with van der Waals surface area (Å²) in [6.07, 6.45) is 3.18. The lowest BCUT2D eigenvalue weighted by atomic mass is 10.2. The predicted octanol–water partition coefficient (Wildman–Crippen LogP) is 0.208. The molecule has 0 spiro atoms. The van der Waals surface area contributed by atoms with Crippen LogP contribution in [0.15, 0.2) is 36.7 Å². The highest BCUT2D eigenvalue weighted by atomic mass is 16.5. The van der Waals surface area contributed by atoms with Crippen LogP contribution in [0.25, 0.3) is 0 Å². The van der Waals surface area contributed by atoms with Gasteiger partial charge in [0.2, 0.25) is 0 Å². The van der Waals surface area contributed by atoms with Gasteiger partial charge in [0.1, 0.15) is 12.6 Å². The van der Waals surface area contributed by atoms with Crippen LogP contribution in [-0.2, 0) is 7.05 Å². The number of phenols is 1. The first kappa shape index (κ1) is 14.3. The van der Waals surface area contributed by atoms with E-state index in [0.29, 0.717) is 0 Å². The first-order valence-corrected chi connectivity index (χ1v) is 5.83. The first-order valence-electron chi connectivity index (χ1n) is 5.83. The fraction of sp³-hybridized carbons (Fsp3) is 0.0714. The van der Waals surface area contributed by atoms with Crippen molar-refractivity contribution in [3.63, 3.8) is 0 Å². The largest absolute Gasteiger partial charge is 0.870 e. The number of pyridine rings is 1. The molecule has 108 valence electrons. The predicted molar refractivity (Wildman–Crippen MR) is 67.1 cm³/mol. The maximum atomic E-state index is 11.9. The summed E-state index contributed by atoms with van der Waals surface area (Å²) in [7, 11) is 1.70. The van der Waals surface area contributed by atoms with E-state index in [1.165, 1.54) is 12.3 Å². The molecule has 7 nitrogen and oxygen atoms in total. The number of hydrogen-bond donors (Lipinski definition) is 2. The maximum absolute atomic E-state index is 11.9. The summed E-state index contributed by atoms with van der Waals surface area (Å²) in [6, 6.07) is 4.71. The topological polar surface area (TPSA) is 111 Å². The van der Waals surface area contributed by atoms with Crippen LogP contribution in [0.3, 0.4) is 0 Å². The molecule has 2 rings (SSSR count). The van der Waals surface area contributed by atoms with E-state index in [1.807, 2.05) is 0 Å². The second kappa shape index (κ2) is 5.49. The third-order valence-corrected chi connectivity index (χ3v) is 2.65. The minimum absolute atomic E-state index is 0.182. The van der Waals surface area contributed by atoms with E-state index < -0.39 is 29.2 Å². The van der Waals surface area contributed by atoms with Crippen molar-refractivity contribution in [2.75, 3.05) is 0 Å². The molecule has 0 fully saturated rings. The Morgan fingerprint density at radius 3 is 2.57 bits per heavy atom. The number of carbonyl (C=O) groups is 2. The number of carbonyl (C=O) groups excluding carboxylic acids is 1. The normalized spacial score (nSPS) is 10.1. The van der Waals surface area contributed by atoms with Gasteiger partial charge in [0.05, 0.1) is 5.56 Å². The number of carboxylic acids is 1. The molecular weight excluding hydrogens is 278 g/mol. The Morgan fingerprint density at radius 1 is 1.29 bits per heavy atom. The second-order valence-electron chi connectivity index (χ2n) is 4.28. The second-order valence-corrected chi connectivity index (χ2v) is 4.28. The summed E-state index contributed by atoms with van der Waals surface area (Å²) in [5.41, 5.74) is -0.204. The van der Waals surface area contributed by atoms with Gasteiger partial charge >= 0.3 is 11.9 Å². The third-order valence-electron chi connectivity index (χ3n) is 2.65. The lowest BCUT2D eigenvalue weighted by Crippen LogP contribution is -2.28. The van der Waals surface area contributed by atoms with Crippen molar-refractivity contribution < 1.29 is 34.2 Å². The number of aromatic nitrogens is 1. The van der Waals surface area contributed by atoms with Gasteiger partial charge in [-0.3, -0.25) is 0 Å². The van der Waals surface area contributed by atoms with Gasteiger partial charge in [-0.25, -0.2) is 14.2 Å². The van der Waals surface area contributed by atoms with Crippen molar-refractivity contribution in [3.8, 4) is 17.2 Å². The van der Waals surface area contributed by atoms with Crippen LogP contribution < -0.4 is 14.4 Å². The van der Waals surface area contributed by atoms with Gasteiger partial charge in [0.25, 0.3) is 0 Å². The molecule has 0 aliphatic heterocycles. The molecule has 1 aromatic carbocycles. The highest BCUT2D eigenvalue weighted by Gasteiger charge is 2.16. The van der Waals surface area contributed by atoms with Crippen LogP contribution in [-0.4, -0.2) is 22.2 Å². The Kier molecular flexibility index (Phi) is 3.75. The molecule has 1 aromatic heterocycles. The number of nitrogens with zero attached hydrogens (tertiary/aromatic N) is 1. The highest BCUT2D eigenvalue weighted by molar-refractivity contribution is 5.92. The smallest absolute Gasteiger partial charge is 0.349 e. The van der Waals surface area contributed by atoms with Gasteiger partial charge in [-0.15, -0.1) is 0 Å². The number of aromatic hydroxyl groups is 1. The van der Waals surface area contributed by atoms with E-state index in [0.717, 1.165) is 12.1 Å². The van der Waals surface area contributed by atoms with Gasteiger partial charge in [-0.2, -0.15) is 0 Å². The molecule has 0 unspecified atom stereocenters. The summed E-state index contributed by atoms with van der Waals surface area (Å²) >= 11 is 0. The molecule has 2 aromatic rings. The van der Waals surface area contributed by atoms with Gasteiger partial charge < -0.3 is 20.1 Å². The molecule has 21 heavy (non-hydrogen) atoms. The third kappa shape index (κ3) is 3.08. The average molecular weight is 289 g/mol. The zero-order chi connectivity index (χ0) is 15.6. The summed E-state index contributed by atoms with van der Waals surface area (Å²) < 4.78 is 6.46. The molecule has 0 aliphatic rings. The minimum Gasteiger partial charge on any atom is -0.870 e.